The molecule has 0 amide bonds. The van der Waals surface area contributed by atoms with Crippen LogP contribution in [0.5, 0.6) is 0 Å². The van der Waals surface area contributed by atoms with Gasteiger partial charge in [-0.3, -0.25) is 0 Å². The molecule has 0 bridgehead atoms. The van der Waals surface area contributed by atoms with E-state index in [0.29, 0.717) is 0 Å². The summed E-state index contributed by atoms with van der Waals surface area (Å²) >= 11 is 0. The van der Waals surface area contributed by atoms with Crippen molar-refractivity contribution in [1.29, 1.82) is 0 Å². The first-order chi connectivity index (χ1) is 7.79. The summed E-state index contributed by atoms with van der Waals surface area (Å²) in [5.41, 5.74) is 1.94. The molecule has 2 aromatic rings. The molecule has 0 radical (unpaired) electrons. The first kappa shape index (κ1) is 8.69. The van der Waals surface area contributed by atoms with Crippen LogP contribution in [0.1, 0.15) is 18.4 Å². The number of hydrogen-bond donors (Lipinski definition) is 1. The van der Waals surface area contributed by atoms with Crippen molar-refractivity contribution in [2.45, 2.75) is 5.92 Å². The van der Waals surface area contributed by atoms with Gasteiger partial charge in [-0.05, 0) is 11.1 Å². The standard InChI is InChI=1S/C14H14O/c15-11-14(12-7-3-1-4-8-12)13-9-5-2-6-10-13/h1-10,14-15H,11H2/i11D/t11-/m0/s1. The SMILES string of the molecule is [2H][C@H](O)C(c1ccccc1)c1ccccc1. The summed E-state index contributed by atoms with van der Waals surface area (Å²) in [5.74, 6) is -0.276. The summed E-state index contributed by atoms with van der Waals surface area (Å²) in [6.07, 6.45) is 0. The second kappa shape index (κ2) is 4.76. The van der Waals surface area contributed by atoms with Crippen molar-refractivity contribution in [3.8, 4) is 0 Å². The number of hydrogen-bond acceptors (Lipinski definition) is 1. The van der Waals surface area contributed by atoms with Gasteiger partial charge in [-0.15, -0.1) is 0 Å². The van der Waals surface area contributed by atoms with Crippen LogP contribution in [-0.4, -0.2) is 11.7 Å². The van der Waals surface area contributed by atoms with Gasteiger partial charge in [-0.25, -0.2) is 0 Å². The van der Waals surface area contributed by atoms with E-state index in [0.717, 1.165) is 11.1 Å². The third kappa shape index (κ3) is 2.25. The minimum Gasteiger partial charge on any atom is -0.395 e. The molecule has 0 aromatic heterocycles. The highest BCUT2D eigenvalue weighted by Gasteiger charge is 2.11. The summed E-state index contributed by atoms with van der Waals surface area (Å²) in [5, 5.41) is 9.59. The van der Waals surface area contributed by atoms with Crippen molar-refractivity contribution >= 4 is 0 Å². The van der Waals surface area contributed by atoms with Crippen molar-refractivity contribution in [3.63, 3.8) is 0 Å². The summed E-state index contributed by atoms with van der Waals surface area (Å²) < 4.78 is 7.57. The molecule has 2 aromatic carbocycles. The molecule has 1 nitrogen and oxygen atoms in total. The lowest BCUT2D eigenvalue weighted by Crippen LogP contribution is -2.05. The van der Waals surface area contributed by atoms with Crippen LogP contribution < -0.4 is 0 Å². The average molecular weight is 199 g/mol. The Bertz CT molecular complexity index is 386. The van der Waals surface area contributed by atoms with E-state index in [2.05, 4.69) is 0 Å². The highest BCUT2D eigenvalue weighted by atomic mass is 16.3. The fraction of sp³-hybridized carbons (Fsp3) is 0.143. The summed E-state index contributed by atoms with van der Waals surface area (Å²) in [7, 11) is 0. The van der Waals surface area contributed by atoms with E-state index in [1.807, 2.05) is 60.7 Å². The van der Waals surface area contributed by atoms with E-state index < -0.39 is 6.58 Å². The largest absolute Gasteiger partial charge is 0.395 e. The molecule has 15 heavy (non-hydrogen) atoms. The molecule has 1 N–H and O–H groups in total. The zero-order chi connectivity index (χ0) is 11.4. The minimum atomic E-state index is -1.13. The van der Waals surface area contributed by atoms with E-state index in [4.69, 9.17) is 1.37 Å². The number of aliphatic hydroxyl groups excluding tert-OH is 1. The predicted octanol–water partition coefficient (Wildman–Crippen LogP) is 2.81. The lowest BCUT2D eigenvalue weighted by atomic mass is 9.92. The molecule has 76 valence electrons. The van der Waals surface area contributed by atoms with E-state index >= 15 is 0 Å². The third-order valence-corrected chi connectivity index (χ3v) is 2.47. The number of benzene rings is 2. The molecule has 0 fully saturated rings. The molecule has 1 atom stereocenters. The van der Waals surface area contributed by atoms with Crippen LogP contribution in [0, 0.1) is 0 Å². The van der Waals surface area contributed by atoms with E-state index in [1.165, 1.54) is 0 Å². The Hall–Kier alpha value is -1.60. The van der Waals surface area contributed by atoms with Gasteiger partial charge in [-0.2, -0.15) is 0 Å². The fourth-order valence-electron chi connectivity index (χ4n) is 1.69. The lowest BCUT2D eigenvalue weighted by Gasteiger charge is -2.14. The smallest absolute Gasteiger partial charge is 0.0574 e. The molecular weight excluding hydrogens is 184 g/mol. The topological polar surface area (TPSA) is 20.2 Å². The van der Waals surface area contributed by atoms with Gasteiger partial charge in [0.1, 0.15) is 0 Å². The fourth-order valence-corrected chi connectivity index (χ4v) is 1.69. The maximum Gasteiger partial charge on any atom is 0.0574 e. The average Bonchev–Trinajstić information content (AvgIpc) is 2.31. The Morgan fingerprint density at radius 2 is 1.27 bits per heavy atom. The van der Waals surface area contributed by atoms with Gasteiger partial charge < -0.3 is 5.11 Å². The second-order valence-corrected chi connectivity index (χ2v) is 3.45. The Morgan fingerprint density at radius 3 is 1.60 bits per heavy atom. The maximum absolute atomic E-state index is 9.59. The summed E-state index contributed by atoms with van der Waals surface area (Å²) in [4.78, 5) is 0. The van der Waals surface area contributed by atoms with Crippen molar-refractivity contribution in [2.75, 3.05) is 6.58 Å². The summed E-state index contributed by atoms with van der Waals surface area (Å²) in [6.45, 7) is -1.13. The van der Waals surface area contributed by atoms with Gasteiger partial charge in [0, 0.05) is 5.92 Å². The normalized spacial score (nSPS) is 13.6. The van der Waals surface area contributed by atoms with Crippen molar-refractivity contribution in [2.24, 2.45) is 0 Å². The van der Waals surface area contributed by atoms with Gasteiger partial charge in [0.05, 0.1) is 7.95 Å². The van der Waals surface area contributed by atoms with E-state index in [1.54, 1.807) is 0 Å². The maximum atomic E-state index is 9.59. The minimum absolute atomic E-state index is 0.276. The Labute approximate surface area is 91.4 Å². The van der Waals surface area contributed by atoms with E-state index in [-0.39, 0.29) is 5.92 Å². The number of rotatable bonds is 3. The highest BCUT2D eigenvalue weighted by Crippen LogP contribution is 2.23. The van der Waals surface area contributed by atoms with Gasteiger partial charge in [0.2, 0.25) is 0 Å². The molecule has 0 unspecified atom stereocenters. The molecule has 0 spiro atoms. The van der Waals surface area contributed by atoms with Crippen LogP contribution in [0.3, 0.4) is 0 Å². The van der Waals surface area contributed by atoms with Gasteiger partial charge >= 0.3 is 0 Å². The predicted molar refractivity (Wildman–Crippen MR) is 61.8 cm³/mol. The van der Waals surface area contributed by atoms with E-state index in [9.17, 15) is 5.11 Å². The molecule has 1 heteroatoms. The highest BCUT2D eigenvalue weighted by molar-refractivity contribution is 5.32. The van der Waals surface area contributed by atoms with Crippen LogP contribution in [0.4, 0.5) is 0 Å². The van der Waals surface area contributed by atoms with Crippen LogP contribution in [0.15, 0.2) is 60.7 Å². The Kier molecular flexibility index (Phi) is 2.76. The van der Waals surface area contributed by atoms with Crippen molar-refractivity contribution in [3.05, 3.63) is 71.8 Å². The zero-order valence-electron chi connectivity index (χ0n) is 9.38. The van der Waals surface area contributed by atoms with Crippen LogP contribution in [0.25, 0.3) is 0 Å². The molecule has 0 saturated carbocycles. The lowest BCUT2D eigenvalue weighted by molar-refractivity contribution is 0.280. The Balaban J connectivity index is 2.40. The molecule has 0 aliphatic heterocycles. The van der Waals surface area contributed by atoms with Crippen LogP contribution >= 0.6 is 0 Å². The van der Waals surface area contributed by atoms with Crippen LogP contribution in [0.2, 0.25) is 0 Å². The first-order valence-corrected chi connectivity index (χ1v) is 4.99. The third-order valence-electron chi connectivity index (χ3n) is 2.47. The zero-order valence-corrected chi connectivity index (χ0v) is 8.38. The molecular formula is C14H14O. The Morgan fingerprint density at radius 1 is 0.867 bits per heavy atom. The van der Waals surface area contributed by atoms with Gasteiger partial charge in [0.25, 0.3) is 0 Å². The second-order valence-electron chi connectivity index (χ2n) is 3.45. The summed E-state index contributed by atoms with van der Waals surface area (Å²) in [6, 6.07) is 19.3. The molecule has 0 saturated heterocycles. The van der Waals surface area contributed by atoms with Crippen LogP contribution in [-0.2, 0) is 0 Å². The van der Waals surface area contributed by atoms with Crippen molar-refractivity contribution in [1.82, 2.24) is 0 Å². The first-order valence-electron chi connectivity index (χ1n) is 5.57. The molecule has 0 aliphatic rings. The quantitative estimate of drug-likeness (QED) is 0.806. The number of aliphatic hydroxyl groups is 1. The monoisotopic (exact) mass is 199 g/mol. The molecule has 0 aliphatic carbocycles. The van der Waals surface area contributed by atoms with Gasteiger partial charge in [-0.1, -0.05) is 60.7 Å². The van der Waals surface area contributed by atoms with Crippen molar-refractivity contribution < 1.29 is 6.48 Å². The molecule has 2 rings (SSSR count). The molecule has 0 heterocycles. The van der Waals surface area contributed by atoms with Gasteiger partial charge in [0.15, 0.2) is 0 Å².